The molecule has 0 saturated carbocycles. The molecule has 120 valence electrons. The van der Waals surface area contributed by atoms with Crippen molar-refractivity contribution in [1.82, 2.24) is 24.7 Å². The van der Waals surface area contributed by atoms with Crippen molar-refractivity contribution in [1.29, 1.82) is 0 Å². The van der Waals surface area contributed by atoms with Gasteiger partial charge < -0.3 is 10.2 Å². The lowest BCUT2D eigenvalue weighted by Gasteiger charge is -2.19. The van der Waals surface area contributed by atoms with E-state index in [1.54, 1.807) is 10.8 Å². The smallest absolute Gasteiger partial charge is 0.200 e. The lowest BCUT2D eigenvalue weighted by molar-refractivity contribution is 0.280. The molecule has 6 nitrogen and oxygen atoms in total. The number of hydrogen-bond donors (Lipinski definition) is 1. The van der Waals surface area contributed by atoms with Gasteiger partial charge in [0.1, 0.15) is 6.33 Å². The van der Waals surface area contributed by atoms with Crippen LogP contribution in [-0.2, 0) is 0 Å². The topological polar surface area (TPSA) is 58.3 Å². The van der Waals surface area contributed by atoms with Crippen LogP contribution in [0.5, 0.6) is 0 Å². The summed E-state index contributed by atoms with van der Waals surface area (Å²) in [7, 11) is 0. The lowest BCUT2D eigenvalue weighted by Crippen LogP contribution is -2.26. The first kappa shape index (κ1) is 15.2. The van der Waals surface area contributed by atoms with E-state index in [1.165, 1.54) is 58.2 Å². The summed E-state index contributed by atoms with van der Waals surface area (Å²) in [4.78, 5) is 2.63. The van der Waals surface area contributed by atoms with Gasteiger partial charge in [0.15, 0.2) is 0 Å². The molecule has 0 aliphatic carbocycles. The van der Waals surface area contributed by atoms with Crippen LogP contribution < -0.4 is 5.32 Å². The average Bonchev–Trinajstić information content (AvgIpc) is 2.82. The van der Waals surface area contributed by atoms with E-state index in [0.29, 0.717) is 0 Å². The number of anilines is 1. The minimum Gasteiger partial charge on any atom is -0.382 e. The van der Waals surface area contributed by atoms with Crippen LogP contribution in [0.15, 0.2) is 12.4 Å². The first-order valence-corrected chi connectivity index (χ1v) is 8.47. The quantitative estimate of drug-likeness (QED) is 0.831. The highest BCUT2D eigenvalue weighted by atomic mass is 15.3. The molecule has 3 heterocycles. The second-order valence-electron chi connectivity index (χ2n) is 6.19. The molecule has 1 N–H and O–H groups in total. The number of fused-ring (bicyclic) bond motifs is 1. The number of nitrogens with one attached hydrogen (secondary N) is 1. The van der Waals surface area contributed by atoms with Crippen molar-refractivity contribution in [2.45, 2.75) is 45.4 Å². The van der Waals surface area contributed by atoms with Crippen molar-refractivity contribution in [3.05, 3.63) is 18.1 Å². The summed E-state index contributed by atoms with van der Waals surface area (Å²) in [6.45, 7) is 6.77. The number of likely N-dealkylation sites (tertiary alicyclic amines) is 1. The highest BCUT2D eigenvalue weighted by molar-refractivity contribution is 5.66. The van der Waals surface area contributed by atoms with Crippen molar-refractivity contribution < 1.29 is 0 Å². The Labute approximate surface area is 131 Å². The maximum atomic E-state index is 4.36. The van der Waals surface area contributed by atoms with Crippen LogP contribution in [0.1, 0.15) is 44.2 Å². The summed E-state index contributed by atoms with van der Waals surface area (Å²) >= 11 is 0. The van der Waals surface area contributed by atoms with Gasteiger partial charge in [-0.15, -0.1) is 10.2 Å². The Morgan fingerprint density at radius 2 is 1.95 bits per heavy atom. The van der Waals surface area contributed by atoms with Crippen LogP contribution in [0.4, 0.5) is 5.69 Å². The fourth-order valence-electron chi connectivity index (χ4n) is 3.13. The Morgan fingerprint density at radius 1 is 1.14 bits per heavy atom. The van der Waals surface area contributed by atoms with Gasteiger partial charge in [0.2, 0.25) is 5.65 Å². The molecule has 0 atom stereocenters. The van der Waals surface area contributed by atoms with Gasteiger partial charge in [-0.1, -0.05) is 12.8 Å². The predicted octanol–water partition coefficient (Wildman–Crippen LogP) is 2.50. The summed E-state index contributed by atoms with van der Waals surface area (Å²) < 4.78 is 1.73. The molecule has 2 aromatic heterocycles. The number of nitrogens with zero attached hydrogens (tertiary/aromatic N) is 5. The highest BCUT2D eigenvalue weighted by Crippen LogP contribution is 2.15. The molecule has 1 fully saturated rings. The first-order valence-electron chi connectivity index (χ1n) is 8.47. The van der Waals surface area contributed by atoms with E-state index in [4.69, 9.17) is 0 Å². The zero-order valence-corrected chi connectivity index (χ0v) is 13.5. The molecule has 3 rings (SSSR count). The van der Waals surface area contributed by atoms with Gasteiger partial charge >= 0.3 is 0 Å². The van der Waals surface area contributed by atoms with Gasteiger partial charge in [-0.25, -0.2) is 0 Å². The second-order valence-corrected chi connectivity index (χ2v) is 6.19. The number of unbranched alkanes of at least 4 members (excludes halogenated alkanes) is 1. The molecule has 0 spiro atoms. The first-order chi connectivity index (χ1) is 10.8. The van der Waals surface area contributed by atoms with Gasteiger partial charge in [-0.05, 0) is 58.3 Å². The van der Waals surface area contributed by atoms with E-state index >= 15 is 0 Å². The van der Waals surface area contributed by atoms with Crippen LogP contribution in [0.2, 0.25) is 0 Å². The summed E-state index contributed by atoms with van der Waals surface area (Å²) in [6, 6.07) is 2.04. The van der Waals surface area contributed by atoms with E-state index in [9.17, 15) is 0 Å². The zero-order valence-electron chi connectivity index (χ0n) is 13.5. The lowest BCUT2D eigenvalue weighted by atomic mass is 10.2. The Hall–Kier alpha value is -1.69. The largest absolute Gasteiger partial charge is 0.382 e. The summed E-state index contributed by atoms with van der Waals surface area (Å²) in [5.41, 5.74) is 2.80. The molecular formula is C16H26N6. The van der Waals surface area contributed by atoms with E-state index in [1.807, 2.05) is 13.0 Å². The van der Waals surface area contributed by atoms with Crippen molar-refractivity contribution in [3.8, 4) is 0 Å². The molecule has 6 heteroatoms. The molecule has 0 unspecified atom stereocenters. The van der Waals surface area contributed by atoms with Gasteiger partial charge in [0.25, 0.3) is 0 Å². The third-order valence-electron chi connectivity index (χ3n) is 4.31. The zero-order chi connectivity index (χ0) is 15.2. The van der Waals surface area contributed by atoms with Crippen LogP contribution in [0.25, 0.3) is 5.65 Å². The normalized spacial score (nSPS) is 16.8. The van der Waals surface area contributed by atoms with E-state index < -0.39 is 0 Å². The molecular weight excluding hydrogens is 276 g/mol. The third-order valence-corrected chi connectivity index (χ3v) is 4.31. The van der Waals surface area contributed by atoms with Crippen molar-refractivity contribution in [2.24, 2.45) is 0 Å². The molecule has 0 radical (unpaired) electrons. The monoisotopic (exact) mass is 302 g/mol. The molecule has 1 saturated heterocycles. The minimum atomic E-state index is 0.804. The van der Waals surface area contributed by atoms with Gasteiger partial charge in [-0.2, -0.15) is 9.61 Å². The molecule has 0 bridgehead atoms. The Morgan fingerprint density at radius 3 is 2.77 bits per heavy atom. The third kappa shape index (κ3) is 3.94. The van der Waals surface area contributed by atoms with E-state index in [0.717, 1.165) is 23.6 Å². The van der Waals surface area contributed by atoms with Crippen LogP contribution in [-0.4, -0.2) is 50.9 Å². The van der Waals surface area contributed by atoms with Crippen LogP contribution >= 0.6 is 0 Å². The van der Waals surface area contributed by atoms with Gasteiger partial charge in [0.05, 0.1) is 11.4 Å². The number of aromatic nitrogens is 4. The highest BCUT2D eigenvalue weighted by Gasteiger charge is 2.08. The Bertz CT molecular complexity index is 585. The summed E-state index contributed by atoms with van der Waals surface area (Å²) in [5, 5.41) is 15.9. The fourth-order valence-corrected chi connectivity index (χ4v) is 3.13. The van der Waals surface area contributed by atoms with Gasteiger partial charge in [-0.3, -0.25) is 0 Å². The molecule has 0 amide bonds. The van der Waals surface area contributed by atoms with Crippen molar-refractivity contribution in [3.63, 3.8) is 0 Å². The van der Waals surface area contributed by atoms with Crippen LogP contribution in [0, 0.1) is 6.92 Å². The maximum absolute atomic E-state index is 4.36. The molecule has 22 heavy (non-hydrogen) atoms. The Balaban J connectivity index is 1.43. The predicted molar refractivity (Wildman–Crippen MR) is 88.2 cm³/mol. The number of rotatable bonds is 6. The minimum absolute atomic E-state index is 0.804. The fraction of sp³-hybridized carbons (Fsp3) is 0.688. The van der Waals surface area contributed by atoms with Crippen molar-refractivity contribution >= 4 is 11.3 Å². The number of aryl methyl sites for hydroxylation is 1. The van der Waals surface area contributed by atoms with Crippen LogP contribution in [0.3, 0.4) is 0 Å². The second kappa shape index (κ2) is 7.54. The SMILES string of the molecule is Cc1cc(NCCCCN2CCCCCC2)c2nncn2n1. The molecule has 1 aliphatic rings. The van der Waals surface area contributed by atoms with Gasteiger partial charge in [0, 0.05) is 6.54 Å². The molecule has 1 aliphatic heterocycles. The van der Waals surface area contributed by atoms with E-state index in [2.05, 4.69) is 25.5 Å². The van der Waals surface area contributed by atoms with Crippen molar-refractivity contribution in [2.75, 3.05) is 31.5 Å². The molecule has 2 aromatic rings. The average molecular weight is 302 g/mol. The maximum Gasteiger partial charge on any atom is 0.200 e. The van der Waals surface area contributed by atoms with E-state index in [-0.39, 0.29) is 0 Å². The Kier molecular flexibility index (Phi) is 5.21. The number of hydrogen-bond acceptors (Lipinski definition) is 5. The summed E-state index contributed by atoms with van der Waals surface area (Å²) in [5.74, 6) is 0. The standard InChI is InChI=1S/C16H26N6/c1-14-12-15(16-19-18-13-22(16)20-14)17-8-4-7-11-21-9-5-2-3-6-10-21/h12-13,17H,2-11H2,1H3. The summed E-state index contributed by atoms with van der Waals surface area (Å²) in [6.07, 6.45) is 9.64. The molecule has 0 aromatic carbocycles.